The fraction of sp³-hybridized carbons (Fsp3) is 0.464. The molecule has 2 aliphatic heterocycles. The van der Waals surface area contributed by atoms with Crippen molar-refractivity contribution in [2.75, 3.05) is 20.3 Å². The third kappa shape index (κ3) is 6.18. The second-order valence-electron chi connectivity index (χ2n) is 10.2. The Balaban J connectivity index is 1.39. The van der Waals surface area contributed by atoms with Gasteiger partial charge in [0.1, 0.15) is 82.8 Å². The lowest BCUT2D eigenvalue weighted by Crippen LogP contribution is -2.62. The van der Waals surface area contributed by atoms with Crippen molar-refractivity contribution < 1.29 is 69.0 Å². The first-order valence-corrected chi connectivity index (χ1v) is 13.3. The molecular weight excluding hydrogens is 576 g/mol. The Morgan fingerprint density at radius 2 is 1.42 bits per heavy atom. The number of aliphatic hydroxyl groups is 7. The molecule has 43 heavy (non-hydrogen) atoms. The van der Waals surface area contributed by atoms with Crippen LogP contribution in [0.2, 0.25) is 0 Å². The van der Waals surface area contributed by atoms with Crippen LogP contribution in [0.3, 0.4) is 0 Å². The molecule has 3 heterocycles. The second-order valence-corrected chi connectivity index (χ2v) is 10.2. The highest BCUT2D eigenvalue weighted by molar-refractivity contribution is 5.86. The molecule has 15 nitrogen and oxygen atoms in total. The average Bonchev–Trinajstić information content (AvgIpc) is 3.00. The minimum atomic E-state index is -1.81. The van der Waals surface area contributed by atoms with Gasteiger partial charge in [0.25, 0.3) is 0 Å². The van der Waals surface area contributed by atoms with Crippen molar-refractivity contribution in [3.8, 4) is 28.6 Å². The highest BCUT2D eigenvalue weighted by Crippen LogP contribution is 2.35. The number of aromatic hydroxyl groups is 1. The maximum absolute atomic E-state index is 13.2. The van der Waals surface area contributed by atoms with Crippen LogP contribution in [-0.4, -0.2) is 123 Å². The van der Waals surface area contributed by atoms with Crippen molar-refractivity contribution in [1.82, 2.24) is 0 Å². The first-order chi connectivity index (χ1) is 20.5. The van der Waals surface area contributed by atoms with Gasteiger partial charge in [0.2, 0.25) is 6.29 Å². The number of hydrogen-bond donors (Lipinski definition) is 8. The molecule has 1 aromatic heterocycles. The number of benzene rings is 2. The van der Waals surface area contributed by atoms with Crippen molar-refractivity contribution in [1.29, 1.82) is 0 Å². The minimum absolute atomic E-state index is 0.0273. The molecule has 234 valence electrons. The molecule has 3 aromatic rings. The highest BCUT2D eigenvalue weighted by atomic mass is 16.7. The van der Waals surface area contributed by atoms with Gasteiger partial charge in [0.05, 0.1) is 20.3 Å². The van der Waals surface area contributed by atoms with Gasteiger partial charge < -0.3 is 69.0 Å². The van der Waals surface area contributed by atoms with Crippen molar-refractivity contribution >= 4 is 11.0 Å². The Morgan fingerprint density at radius 3 is 2.07 bits per heavy atom. The van der Waals surface area contributed by atoms with Crippen LogP contribution in [0.25, 0.3) is 22.3 Å². The number of hydrogen-bond acceptors (Lipinski definition) is 15. The number of phenolic OH excluding ortho intramolecular Hbond substituents is 1. The van der Waals surface area contributed by atoms with Crippen LogP contribution in [0.15, 0.2) is 51.7 Å². The lowest BCUT2D eigenvalue weighted by Gasteiger charge is -2.42. The van der Waals surface area contributed by atoms with Gasteiger partial charge >= 0.3 is 0 Å². The molecular formula is C28H32O15. The lowest BCUT2D eigenvalue weighted by atomic mass is 9.98. The molecule has 5 rings (SSSR count). The molecule has 0 bridgehead atoms. The Labute approximate surface area is 243 Å². The van der Waals surface area contributed by atoms with Crippen LogP contribution < -0.4 is 14.9 Å². The second kappa shape index (κ2) is 12.7. The van der Waals surface area contributed by atoms with Gasteiger partial charge in [-0.05, 0) is 24.3 Å². The van der Waals surface area contributed by atoms with Crippen LogP contribution in [0.1, 0.15) is 0 Å². The van der Waals surface area contributed by atoms with E-state index in [0.29, 0.717) is 5.56 Å². The molecule has 0 radical (unpaired) electrons. The van der Waals surface area contributed by atoms with Gasteiger partial charge in [-0.3, -0.25) is 4.79 Å². The van der Waals surface area contributed by atoms with Gasteiger partial charge in [-0.15, -0.1) is 0 Å². The highest BCUT2D eigenvalue weighted by Gasteiger charge is 2.48. The monoisotopic (exact) mass is 608 g/mol. The SMILES string of the molecule is COc1cc(OC2OC(COC3OC(CO)C(O)C(O)C3O)C(O)C(O)C2O)c2c(=O)cc(-c3ccc(O)cc3)oc2c1. The van der Waals surface area contributed by atoms with Crippen molar-refractivity contribution in [2.24, 2.45) is 0 Å². The summed E-state index contributed by atoms with van der Waals surface area (Å²) in [5.41, 5.74) is 0.0288. The van der Waals surface area contributed by atoms with Crippen LogP contribution in [0, 0.1) is 0 Å². The molecule has 2 fully saturated rings. The average molecular weight is 609 g/mol. The van der Waals surface area contributed by atoms with E-state index in [1.54, 1.807) is 12.1 Å². The molecule has 2 saturated heterocycles. The number of phenols is 1. The molecule has 0 spiro atoms. The minimum Gasteiger partial charge on any atom is -0.508 e. The number of aliphatic hydroxyl groups excluding tert-OH is 7. The third-order valence-electron chi connectivity index (χ3n) is 7.34. The Kier molecular flexibility index (Phi) is 9.19. The topological polar surface area (TPSA) is 238 Å². The summed E-state index contributed by atoms with van der Waals surface area (Å²) in [7, 11) is 1.37. The standard InChI is InChI=1S/C28H32O15/c1-38-13-6-16-20(14(31)8-15(40-16)11-2-4-12(30)5-3-11)17(7-13)41-28-26(37)24(35)22(33)19(43-28)10-39-27-25(36)23(34)21(32)18(9-29)42-27/h2-8,18-19,21-30,32-37H,9-10H2,1H3. The fourth-order valence-corrected chi connectivity index (χ4v) is 4.88. The zero-order valence-electron chi connectivity index (χ0n) is 22.7. The maximum Gasteiger partial charge on any atom is 0.229 e. The number of fused-ring (bicyclic) bond motifs is 1. The summed E-state index contributed by atoms with van der Waals surface area (Å²) in [6, 6.07) is 9.97. The van der Waals surface area contributed by atoms with E-state index in [2.05, 4.69) is 0 Å². The Hall–Kier alpha value is -3.35. The molecule has 0 saturated carbocycles. The van der Waals surface area contributed by atoms with E-state index in [-0.39, 0.29) is 34.0 Å². The number of methoxy groups -OCH3 is 1. The van der Waals surface area contributed by atoms with Crippen LogP contribution >= 0.6 is 0 Å². The number of ether oxygens (including phenoxy) is 5. The molecule has 2 aliphatic rings. The van der Waals surface area contributed by atoms with E-state index in [0.717, 1.165) is 0 Å². The Morgan fingerprint density at radius 1 is 0.791 bits per heavy atom. The zero-order chi connectivity index (χ0) is 31.0. The van der Waals surface area contributed by atoms with E-state index in [4.69, 9.17) is 28.1 Å². The summed E-state index contributed by atoms with van der Waals surface area (Å²) in [5, 5.41) is 80.8. The summed E-state index contributed by atoms with van der Waals surface area (Å²) in [5.74, 6) is 0.289. The predicted octanol–water partition coefficient (Wildman–Crippen LogP) is -1.82. The van der Waals surface area contributed by atoms with Crippen LogP contribution in [0.4, 0.5) is 0 Å². The summed E-state index contributed by atoms with van der Waals surface area (Å²) in [4.78, 5) is 13.2. The van der Waals surface area contributed by atoms with Gasteiger partial charge in [-0.1, -0.05) is 0 Å². The predicted molar refractivity (Wildman–Crippen MR) is 143 cm³/mol. The number of rotatable bonds is 8. The quantitative estimate of drug-likeness (QED) is 0.140. The maximum atomic E-state index is 13.2. The lowest BCUT2D eigenvalue weighted by molar-refractivity contribution is -0.323. The normalized spacial score (nSPS) is 32.9. The van der Waals surface area contributed by atoms with Gasteiger partial charge in [-0.2, -0.15) is 0 Å². The molecule has 8 N–H and O–H groups in total. The first kappa shape index (κ1) is 31.1. The molecule has 10 unspecified atom stereocenters. The summed E-state index contributed by atoms with van der Waals surface area (Å²) < 4.78 is 33.5. The van der Waals surface area contributed by atoms with E-state index in [1.165, 1.54) is 37.4 Å². The van der Waals surface area contributed by atoms with Crippen molar-refractivity contribution in [3.63, 3.8) is 0 Å². The zero-order valence-corrected chi connectivity index (χ0v) is 22.7. The molecule has 10 atom stereocenters. The first-order valence-electron chi connectivity index (χ1n) is 13.3. The van der Waals surface area contributed by atoms with Gasteiger partial charge in [-0.25, -0.2) is 0 Å². The molecule has 2 aromatic carbocycles. The summed E-state index contributed by atoms with van der Waals surface area (Å²) in [6.07, 6.45) is -16.2. The van der Waals surface area contributed by atoms with Crippen LogP contribution in [0.5, 0.6) is 17.2 Å². The Bertz CT molecular complexity index is 1460. The van der Waals surface area contributed by atoms with Gasteiger partial charge in [0.15, 0.2) is 11.7 Å². The summed E-state index contributed by atoms with van der Waals surface area (Å²) in [6.45, 7) is -1.25. The molecule has 15 heteroatoms. The van der Waals surface area contributed by atoms with E-state index >= 15 is 0 Å². The van der Waals surface area contributed by atoms with Crippen molar-refractivity contribution in [2.45, 2.75) is 61.4 Å². The smallest absolute Gasteiger partial charge is 0.229 e. The van der Waals surface area contributed by atoms with E-state index in [1.807, 2.05) is 0 Å². The van der Waals surface area contributed by atoms with E-state index < -0.39 is 80.1 Å². The third-order valence-corrected chi connectivity index (χ3v) is 7.34. The molecule has 0 aliphatic carbocycles. The fourth-order valence-electron chi connectivity index (χ4n) is 4.88. The summed E-state index contributed by atoms with van der Waals surface area (Å²) >= 11 is 0. The van der Waals surface area contributed by atoms with Gasteiger partial charge in [0, 0.05) is 23.8 Å². The van der Waals surface area contributed by atoms with E-state index in [9.17, 15) is 45.6 Å². The largest absolute Gasteiger partial charge is 0.508 e. The molecule has 0 amide bonds. The van der Waals surface area contributed by atoms with Crippen LogP contribution in [-0.2, 0) is 14.2 Å². The van der Waals surface area contributed by atoms with Crippen molar-refractivity contribution in [3.05, 3.63) is 52.7 Å².